The minimum Gasteiger partial charge on any atom is -0.457 e. The molecule has 2 amide bonds. The summed E-state index contributed by atoms with van der Waals surface area (Å²) in [6, 6.07) is 22.0. The second kappa shape index (κ2) is 9.69. The molecule has 0 bridgehead atoms. The first-order valence-electron chi connectivity index (χ1n) is 9.58. The minimum atomic E-state index is -0.288. The topological polar surface area (TPSA) is 80.3 Å². The summed E-state index contributed by atoms with van der Waals surface area (Å²) in [6.07, 6.45) is 3.10. The van der Waals surface area contributed by atoms with Crippen LogP contribution in [0.5, 0.6) is 11.5 Å². The highest BCUT2D eigenvalue weighted by Gasteiger charge is 2.16. The lowest BCUT2D eigenvalue weighted by atomic mass is 10.2. The number of carbonyl (C=O) groups is 2. The number of anilines is 1. The summed E-state index contributed by atoms with van der Waals surface area (Å²) in [5.41, 5.74) is 1.90. The Balaban J connectivity index is 1.34. The van der Waals surface area contributed by atoms with Crippen LogP contribution in [0.1, 0.15) is 25.6 Å². The van der Waals surface area contributed by atoms with Gasteiger partial charge in [-0.2, -0.15) is 0 Å². The van der Waals surface area contributed by atoms with Crippen LogP contribution in [0.15, 0.2) is 90.6 Å². The van der Waals surface area contributed by atoms with Crippen molar-refractivity contribution in [3.63, 3.8) is 0 Å². The predicted molar refractivity (Wildman–Crippen MR) is 121 cm³/mol. The summed E-state index contributed by atoms with van der Waals surface area (Å²) in [5, 5.41) is 7.45. The molecule has 0 aliphatic carbocycles. The summed E-state index contributed by atoms with van der Waals surface area (Å²) < 4.78 is 5.78. The van der Waals surface area contributed by atoms with E-state index >= 15 is 0 Å². The number of aromatic nitrogens is 1. The molecule has 154 valence electrons. The van der Waals surface area contributed by atoms with Crippen molar-refractivity contribution >= 4 is 28.8 Å². The number of nitrogens with zero attached hydrogens (tertiary/aromatic N) is 1. The zero-order valence-corrected chi connectivity index (χ0v) is 17.3. The lowest BCUT2D eigenvalue weighted by Crippen LogP contribution is -2.23. The van der Waals surface area contributed by atoms with Crippen molar-refractivity contribution in [2.75, 3.05) is 5.32 Å². The second-order valence-electron chi connectivity index (χ2n) is 6.60. The Morgan fingerprint density at radius 1 is 0.839 bits per heavy atom. The molecule has 31 heavy (non-hydrogen) atoms. The third kappa shape index (κ3) is 5.34. The maximum absolute atomic E-state index is 12.6. The van der Waals surface area contributed by atoms with E-state index < -0.39 is 0 Å². The molecule has 4 aromatic rings. The van der Waals surface area contributed by atoms with Gasteiger partial charge in [0.1, 0.15) is 16.4 Å². The van der Waals surface area contributed by atoms with Gasteiger partial charge in [0.2, 0.25) is 0 Å². The third-order valence-electron chi connectivity index (χ3n) is 4.42. The maximum Gasteiger partial charge on any atom is 0.263 e. The maximum atomic E-state index is 12.6. The highest BCUT2D eigenvalue weighted by atomic mass is 32.1. The Labute approximate surface area is 183 Å². The van der Waals surface area contributed by atoms with Gasteiger partial charge < -0.3 is 15.4 Å². The monoisotopic (exact) mass is 429 g/mol. The molecule has 2 aromatic carbocycles. The number of thiophene rings is 1. The first-order valence-corrected chi connectivity index (χ1v) is 10.5. The average Bonchev–Trinajstić information content (AvgIpc) is 3.28. The van der Waals surface area contributed by atoms with Crippen LogP contribution >= 0.6 is 11.3 Å². The summed E-state index contributed by atoms with van der Waals surface area (Å²) in [5.74, 6) is 0.955. The molecule has 0 saturated carbocycles. The highest BCUT2D eigenvalue weighted by molar-refractivity contribution is 7.12. The van der Waals surface area contributed by atoms with Crippen molar-refractivity contribution in [3.8, 4) is 11.5 Å². The van der Waals surface area contributed by atoms with E-state index in [-0.39, 0.29) is 11.8 Å². The van der Waals surface area contributed by atoms with Gasteiger partial charge in [0.25, 0.3) is 11.8 Å². The quantitative estimate of drug-likeness (QED) is 0.427. The Bertz CT molecular complexity index is 1160. The van der Waals surface area contributed by atoms with E-state index in [2.05, 4.69) is 15.6 Å². The lowest BCUT2D eigenvalue weighted by molar-refractivity contribution is 0.0955. The molecule has 6 nitrogen and oxygen atoms in total. The fraction of sp³-hybridized carbons (Fsp3) is 0.0417. The van der Waals surface area contributed by atoms with Gasteiger partial charge in [-0.05, 0) is 53.4 Å². The average molecular weight is 430 g/mol. The molecule has 0 fully saturated rings. The molecule has 2 aromatic heterocycles. The molecule has 0 spiro atoms. The van der Waals surface area contributed by atoms with Gasteiger partial charge in [0, 0.05) is 24.5 Å². The molecule has 7 heteroatoms. The van der Waals surface area contributed by atoms with Crippen LogP contribution in [0, 0.1) is 0 Å². The van der Waals surface area contributed by atoms with Gasteiger partial charge in [-0.25, -0.2) is 0 Å². The van der Waals surface area contributed by atoms with Crippen molar-refractivity contribution in [1.29, 1.82) is 0 Å². The van der Waals surface area contributed by atoms with Crippen LogP contribution < -0.4 is 15.4 Å². The summed E-state index contributed by atoms with van der Waals surface area (Å²) in [6.45, 7) is 0.361. The van der Waals surface area contributed by atoms with E-state index in [0.717, 1.165) is 17.1 Å². The Hall–Kier alpha value is -3.97. The van der Waals surface area contributed by atoms with Crippen molar-refractivity contribution in [3.05, 3.63) is 107 Å². The number of para-hydroxylation sites is 1. The number of carbonyl (C=O) groups excluding carboxylic acids is 2. The number of pyridine rings is 1. The summed E-state index contributed by atoms with van der Waals surface area (Å²) in [7, 11) is 0. The first-order chi connectivity index (χ1) is 15.2. The number of rotatable bonds is 7. The van der Waals surface area contributed by atoms with Crippen LogP contribution in [0.3, 0.4) is 0 Å². The zero-order valence-electron chi connectivity index (χ0n) is 16.4. The number of benzene rings is 2. The van der Waals surface area contributed by atoms with Gasteiger partial charge in [-0.15, -0.1) is 11.3 Å². The van der Waals surface area contributed by atoms with Crippen molar-refractivity contribution in [2.24, 2.45) is 0 Å². The molecule has 2 heterocycles. The van der Waals surface area contributed by atoms with Crippen LogP contribution in [0.4, 0.5) is 5.69 Å². The Kier molecular flexibility index (Phi) is 6.35. The summed E-state index contributed by atoms with van der Waals surface area (Å²) in [4.78, 5) is 29.3. The molecular weight excluding hydrogens is 410 g/mol. The molecular formula is C24H19N3O3S. The van der Waals surface area contributed by atoms with E-state index in [1.165, 1.54) is 11.3 Å². The smallest absolute Gasteiger partial charge is 0.263 e. The highest BCUT2D eigenvalue weighted by Crippen LogP contribution is 2.24. The van der Waals surface area contributed by atoms with E-state index in [0.29, 0.717) is 22.7 Å². The van der Waals surface area contributed by atoms with Gasteiger partial charge in [0.05, 0.1) is 5.69 Å². The Morgan fingerprint density at radius 3 is 2.29 bits per heavy atom. The number of ether oxygens (including phenoxy) is 1. The van der Waals surface area contributed by atoms with E-state index in [9.17, 15) is 9.59 Å². The molecule has 0 radical (unpaired) electrons. The van der Waals surface area contributed by atoms with Gasteiger partial charge in [-0.1, -0.05) is 30.3 Å². The van der Waals surface area contributed by atoms with Crippen molar-refractivity contribution < 1.29 is 14.3 Å². The largest absolute Gasteiger partial charge is 0.457 e. The van der Waals surface area contributed by atoms with Gasteiger partial charge >= 0.3 is 0 Å². The van der Waals surface area contributed by atoms with Crippen LogP contribution in [0.25, 0.3) is 0 Å². The van der Waals surface area contributed by atoms with Crippen molar-refractivity contribution in [2.45, 2.75) is 6.54 Å². The number of nitrogens with one attached hydrogen (secondary N) is 2. The molecule has 0 aliphatic heterocycles. The fourth-order valence-corrected chi connectivity index (χ4v) is 3.61. The molecule has 2 N–H and O–H groups in total. The molecule has 0 atom stereocenters. The van der Waals surface area contributed by atoms with E-state index in [1.807, 2.05) is 54.6 Å². The number of hydrogen-bond donors (Lipinski definition) is 2. The SMILES string of the molecule is O=C(Nc1ccsc1C(=O)NCc1ccc(Oc2ccccc2)cc1)c1ccncc1. The first kappa shape index (κ1) is 20.3. The number of amides is 2. The molecule has 4 rings (SSSR count). The minimum absolute atomic E-state index is 0.246. The Morgan fingerprint density at radius 2 is 1.55 bits per heavy atom. The van der Waals surface area contributed by atoms with E-state index in [1.54, 1.807) is 36.0 Å². The summed E-state index contributed by atoms with van der Waals surface area (Å²) >= 11 is 1.27. The fourth-order valence-electron chi connectivity index (χ4n) is 2.84. The van der Waals surface area contributed by atoms with Crippen molar-refractivity contribution in [1.82, 2.24) is 10.3 Å². The zero-order chi connectivity index (χ0) is 21.5. The predicted octanol–water partition coefficient (Wildman–Crippen LogP) is 5.12. The van der Waals surface area contributed by atoms with Crippen LogP contribution in [-0.2, 0) is 6.54 Å². The molecule has 0 saturated heterocycles. The third-order valence-corrected chi connectivity index (χ3v) is 5.33. The molecule has 0 unspecified atom stereocenters. The van der Waals surface area contributed by atoms with Gasteiger partial charge in [-0.3, -0.25) is 14.6 Å². The lowest BCUT2D eigenvalue weighted by Gasteiger charge is -2.09. The van der Waals surface area contributed by atoms with Crippen LogP contribution in [0.2, 0.25) is 0 Å². The van der Waals surface area contributed by atoms with Gasteiger partial charge in [0.15, 0.2) is 0 Å². The van der Waals surface area contributed by atoms with Crippen LogP contribution in [-0.4, -0.2) is 16.8 Å². The normalized spacial score (nSPS) is 10.3. The van der Waals surface area contributed by atoms with E-state index in [4.69, 9.17) is 4.74 Å². The second-order valence-corrected chi connectivity index (χ2v) is 7.51. The number of hydrogen-bond acceptors (Lipinski definition) is 5. The molecule has 0 aliphatic rings. The standard InChI is InChI=1S/C24H19N3O3S/c28-23(18-10-13-25-14-11-18)27-21-12-15-31-22(21)24(29)26-16-17-6-8-20(9-7-17)30-19-4-2-1-3-5-19/h1-15H,16H2,(H,26,29)(H,27,28).